The first kappa shape index (κ1) is 19.9. The van der Waals surface area contributed by atoms with Gasteiger partial charge >= 0.3 is 0 Å². The SMILES string of the molecule is CC(C)CC(CO)NC(=O)c1ccc(CN2CC(C)OC(C)C2)cc1. The second-order valence-corrected chi connectivity index (χ2v) is 7.63. The number of hydrogen-bond donors (Lipinski definition) is 2. The van der Waals surface area contributed by atoms with Crippen molar-refractivity contribution in [2.45, 2.75) is 58.9 Å². The van der Waals surface area contributed by atoms with E-state index in [2.05, 4.69) is 37.9 Å². The lowest BCUT2D eigenvalue weighted by Gasteiger charge is -2.35. The van der Waals surface area contributed by atoms with Gasteiger partial charge in [-0.3, -0.25) is 9.69 Å². The smallest absolute Gasteiger partial charge is 0.251 e. The molecule has 2 N–H and O–H groups in total. The van der Waals surface area contributed by atoms with Crippen LogP contribution >= 0.6 is 0 Å². The monoisotopic (exact) mass is 348 g/mol. The number of aliphatic hydroxyl groups is 1. The number of carbonyl (C=O) groups excluding carboxylic acids is 1. The summed E-state index contributed by atoms with van der Waals surface area (Å²) in [4.78, 5) is 14.7. The quantitative estimate of drug-likeness (QED) is 0.794. The van der Waals surface area contributed by atoms with Crippen LogP contribution in [0.3, 0.4) is 0 Å². The number of hydrogen-bond acceptors (Lipinski definition) is 4. The van der Waals surface area contributed by atoms with Crippen molar-refractivity contribution in [2.75, 3.05) is 19.7 Å². The minimum absolute atomic E-state index is 0.0323. The Balaban J connectivity index is 1.91. The molecule has 1 aliphatic heterocycles. The second kappa shape index (κ2) is 9.32. The van der Waals surface area contributed by atoms with Crippen molar-refractivity contribution in [2.24, 2.45) is 5.92 Å². The molecule has 5 heteroatoms. The Bertz CT molecular complexity index is 534. The highest BCUT2D eigenvalue weighted by atomic mass is 16.5. The van der Waals surface area contributed by atoms with Gasteiger partial charge in [0.2, 0.25) is 0 Å². The van der Waals surface area contributed by atoms with Gasteiger partial charge in [-0.1, -0.05) is 26.0 Å². The summed E-state index contributed by atoms with van der Waals surface area (Å²) in [6.45, 7) is 11.1. The van der Waals surface area contributed by atoms with Crippen LogP contribution in [0.5, 0.6) is 0 Å². The van der Waals surface area contributed by atoms with Crippen LogP contribution in [-0.2, 0) is 11.3 Å². The Morgan fingerprint density at radius 2 is 1.84 bits per heavy atom. The van der Waals surface area contributed by atoms with Gasteiger partial charge in [0.05, 0.1) is 24.9 Å². The Morgan fingerprint density at radius 3 is 2.36 bits per heavy atom. The number of morpholine rings is 1. The number of amides is 1. The highest BCUT2D eigenvalue weighted by molar-refractivity contribution is 5.94. The highest BCUT2D eigenvalue weighted by Crippen LogP contribution is 2.15. The summed E-state index contributed by atoms with van der Waals surface area (Å²) in [6.07, 6.45) is 1.28. The molecule has 0 aliphatic carbocycles. The molecule has 0 spiro atoms. The Kier molecular flexibility index (Phi) is 7.41. The van der Waals surface area contributed by atoms with E-state index >= 15 is 0 Å². The molecule has 1 aromatic carbocycles. The largest absolute Gasteiger partial charge is 0.394 e. The molecular formula is C20H32N2O3. The Morgan fingerprint density at radius 1 is 1.24 bits per heavy atom. The molecular weight excluding hydrogens is 316 g/mol. The molecule has 25 heavy (non-hydrogen) atoms. The summed E-state index contributed by atoms with van der Waals surface area (Å²) in [7, 11) is 0. The van der Waals surface area contributed by atoms with Gasteiger partial charge in [0, 0.05) is 25.2 Å². The minimum Gasteiger partial charge on any atom is -0.394 e. The second-order valence-electron chi connectivity index (χ2n) is 7.63. The standard InChI is InChI=1S/C20H32N2O3/c1-14(2)9-19(13-23)21-20(24)18-7-5-17(6-8-18)12-22-10-15(3)25-16(4)11-22/h5-8,14-16,19,23H,9-13H2,1-4H3,(H,21,24). The van der Waals surface area contributed by atoms with E-state index in [-0.39, 0.29) is 30.8 Å². The average molecular weight is 348 g/mol. The third-order valence-corrected chi connectivity index (χ3v) is 4.43. The molecule has 1 fully saturated rings. The first-order chi connectivity index (χ1) is 11.9. The van der Waals surface area contributed by atoms with Crippen LogP contribution < -0.4 is 5.32 Å². The van der Waals surface area contributed by atoms with Crippen LogP contribution in [0.25, 0.3) is 0 Å². The van der Waals surface area contributed by atoms with Crippen LogP contribution in [0.1, 0.15) is 50.0 Å². The highest BCUT2D eigenvalue weighted by Gasteiger charge is 2.22. The van der Waals surface area contributed by atoms with E-state index in [0.717, 1.165) is 26.1 Å². The fourth-order valence-electron chi connectivity index (χ4n) is 3.45. The summed E-state index contributed by atoms with van der Waals surface area (Å²) in [5.41, 5.74) is 1.83. The Labute approximate surface area is 151 Å². The van der Waals surface area contributed by atoms with Gasteiger partial charge in [-0.2, -0.15) is 0 Å². The van der Waals surface area contributed by atoms with E-state index in [1.54, 1.807) is 0 Å². The molecule has 1 heterocycles. The van der Waals surface area contributed by atoms with E-state index in [0.29, 0.717) is 11.5 Å². The van der Waals surface area contributed by atoms with Crippen LogP contribution in [0.4, 0.5) is 0 Å². The predicted octanol–water partition coefficient (Wildman–Crippen LogP) is 2.43. The lowest BCUT2D eigenvalue weighted by Crippen LogP contribution is -2.44. The molecule has 0 bridgehead atoms. The number of carbonyl (C=O) groups is 1. The van der Waals surface area contributed by atoms with E-state index in [4.69, 9.17) is 4.74 Å². The van der Waals surface area contributed by atoms with Crippen LogP contribution in [0.15, 0.2) is 24.3 Å². The van der Waals surface area contributed by atoms with Crippen molar-refractivity contribution >= 4 is 5.91 Å². The van der Waals surface area contributed by atoms with Crippen molar-refractivity contribution in [1.29, 1.82) is 0 Å². The average Bonchev–Trinajstić information content (AvgIpc) is 2.53. The molecule has 5 nitrogen and oxygen atoms in total. The van der Waals surface area contributed by atoms with Crippen molar-refractivity contribution in [3.05, 3.63) is 35.4 Å². The first-order valence-corrected chi connectivity index (χ1v) is 9.25. The molecule has 1 aliphatic rings. The molecule has 0 radical (unpaired) electrons. The number of nitrogens with zero attached hydrogens (tertiary/aromatic N) is 1. The molecule has 3 unspecified atom stereocenters. The molecule has 0 saturated carbocycles. The topological polar surface area (TPSA) is 61.8 Å². The van der Waals surface area contributed by atoms with Gasteiger partial charge in [0.25, 0.3) is 5.91 Å². The lowest BCUT2D eigenvalue weighted by molar-refractivity contribution is -0.0704. The molecule has 1 amide bonds. The van der Waals surface area contributed by atoms with E-state index in [9.17, 15) is 9.90 Å². The van der Waals surface area contributed by atoms with Gasteiger partial charge in [0.1, 0.15) is 0 Å². The summed E-state index contributed by atoms with van der Waals surface area (Å²) < 4.78 is 5.76. The van der Waals surface area contributed by atoms with Gasteiger partial charge in [0.15, 0.2) is 0 Å². The Hall–Kier alpha value is -1.43. The van der Waals surface area contributed by atoms with E-state index < -0.39 is 0 Å². The summed E-state index contributed by atoms with van der Waals surface area (Å²) in [5.74, 6) is 0.304. The normalized spacial score (nSPS) is 22.8. The summed E-state index contributed by atoms with van der Waals surface area (Å²) >= 11 is 0. The summed E-state index contributed by atoms with van der Waals surface area (Å²) in [6, 6.07) is 7.55. The fourth-order valence-corrected chi connectivity index (χ4v) is 3.45. The number of ether oxygens (including phenoxy) is 1. The first-order valence-electron chi connectivity index (χ1n) is 9.25. The predicted molar refractivity (Wildman–Crippen MR) is 99.5 cm³/mol. The van der Waals surface area contributed by atoms with E-state index in [1.807, 2.05) is 24.3 Å². The van der Waals surface area contributed by atoms with Crippen molar-refractivity contribution in [3.63, 3.8) is 0 Å². The maximum Gasteiger partial charge on any atom is 0.251 e. The molecule has 140 valence electrons. The minimum atomic E-state index is -0.191. The number of benzene rings is 1. The molecule has 3 atom stereocenters. The van der Waals surface area contributed by atoms with Crippen molar-refractivity contribution in [1.82, 2.24) is 10.2 Å². The number of rotatable bonds is 7. The molecule has 1 saturated heterocycles. The van der Waals surface area contributed by atoms with Crippen LogP contribution in [-0.4, -0.2) is 53.9 Å². The van der Waals surface area contributed by atoms with Crippen LogP contribution in [0, 0.1) is 5.92 Å². The van der Waals surface area contributed by atoms with Gasteiger partial charge in [-0.15, -0.1) is 0 Å². The molecule has 1 aromatic rings. The summed E-state index contributed by atoms with van der Waals surface area (Å²) in [5, 5.41) is 12.3. The van der Waals surface area contributed by atoms with Gasteiger partial charge < -0.3 is 15.2 Å². The lowest BCUT2D eigenvalue weighted by atomic mass is 10.0. The third-order valence-electron chi connectivity index (χ3n) is 4.43. The number of nitrogens with one attached hydrogen (secondary N) is 1. The number of aliphatic hydroxyl groups excluding tert-OH is 1. The maximum atomic E-state index is 12.3. The molecule has 2 rings (SSSR count). The zero-order valence-corrected chi connectivity index (χ0v) is 15.9. The molecule has 0 aromatic heterocycles. The van der Waals surface area contributed by atoms with Crippen LogP contribution in [0.2, 0.25) is 0 Å². The van der Waals surface area contributed by atoms with Gasteiger partial charge in [-0.25, -0.2) is 0 Å². The van der Waals surface area contributed by atoms with E-state index in [1.165, 1.54) is 5.56 Å². The zero-order chi connectivity index (χ0) is 18.4. The van der Waals surface area contributed by atoms with Crippen molar-refractivity contribution in [3.8, 4) is 0 Å². The maximum absolute atomic E-state index is 12.3. The third kappa shape index (κ3) is 6.42. The fraction of sp³-hybridized carbons (Fsp3) is 0.650. The van der Waals surface area contributed by atoms with Gasteiger partial charge in [-0.05, 0) is 43.9 Å². The van der Waals surface area contributed by atoms with Crippen molar-refractivity contribution < 1.29 is 14.6 Å². The zero-order valence-electron chi connectivity index (χ0n) is 15.9.